The topological polar surface area (TPSA) is 25.8 Å². The molecule has 0 spiro atoms. The third kappa shape index (κ3) is 2.99. The Morgan fingerprint density at radius 3 is 2.44 bits per heavy atom. The fourth-order valence-corrected chi connectivity index (χ4v) is 3.98. The van der Waals surface area contributed by atoms with Gasteiger partial charge in [0.15, 0.2) is 8.68 Å². The number of hydrogen-bond acceptors (Lipinski definition) is 5. The average Bonchev–Trinajstić information content (AvgIpc) is 2.78. The van der Waals surface area contributed by atoms with Crippen molar-refractivity contribution >= 4 is 34.9 Å². The Kier molecular flexibility index (Phi) is 4.26. The van der Waals surface area contributed by atoms with Gasteiger partial charge in [-0.2, -0.15) is 0 Å². The van der Waals surface area contributed by atoms with Crippen LogP contribution in [0.15, 0.2) is 39.0 Å². The van der Waals surface area contributed by atoms with E-state index in [2.05, 4.69) is 41.4 Å². The molecule has 0 bridgehead atoms. The van der Waals surface area contributed by atoms with Gasteiger partial charge in [-0.05, 0) is 18.7 Å². The molecule has 1 aromatic carbocycles. The molecule has 2 aromatic rings. The summed E-state index contributed by atoms with van der Waals surface area (Å²) in [6, 6.07) is 10.5. The van der Waals surface area contributed by atoms with Crippen LogP contribution in [0, 0.1) is 0 Å². The van der Waals surface area contributed by atoms with Crippen molar-refractivity contribution in [3.8, 4) is 0 Å². The van der Waals surface area contributed by atoms with Gasteiger partial charge in [0.1, 0.15) is 0 Å². The van der Waals surface area contributed by atoms with E-state index in [1.54, 1.807) is 34.9 Å². The zero-order chi connectivity index (χ0) is 11.4. The predicted octanol–water partition coefficient (Wildman–Crippen LogP) is 4.11. The monoisotopic (exact) mass is 268 g/mol. The van der Waals surface area contributed by atoms with E-state index < -0.39 is 0 Å². The van der Waals surface area contributed by atoms with Crippen molar-refractivity contribution in [1.29, 1.82) is 0 Å². The van der Waals surface area contributed by atoms with Gasteiger partial charge in [0.25, 0.3) is 0 Å². The second-order valence-corrected chi connectivity index (χ2v) is 6.83. The average molecular weight is 268 g/mol. The van der Waals surface area contributed by atoms with Gasteiger partial charge in [-0.3, -0.25) is 0 Å². The molecule has 0 saturated carbocycles. The van der Waals surface area contributed by atoms with E-state index in [0.717, 1.165) is 8.68 Å². The van der Waals surface area contributed by atoms with E-state index >= 15 is 0 Å². The van der Waals surface area contributed by atoms with E-state index in [-0.39, 0.29) is 0 Å². The standard InChI is InChI=1S/C11H12N2S3/c1-8(9-6-4-3-5-7-9)15-11-13-12-10(14-2)16-11/h3-8H,1-2H3. The normalized spacial score (nSPS) is 12.6. The Morgan fingerprint density at radius 1 is 1.12 bits per heavy atom. The molecule has 1 aromatic heterocycles. The predicted molar refractivity (Wildman–Crippen MR) is 72.4 cm³/mol. The number of hydrogen-bond donors (Lipinski definition) is 0. The minimum absolute atomic E-state index is 0.420. The highest BCUT2D eigenvalue weighted by atomic mass is 32.2. The SMILES string of the molecule is CSc1nnc(SC(C)c2ccccc2)s1. The lowest BCUT2D eigenvalue weighted by molar-refractivity contribution is 0.950. The molecule has 0 aliphatic rings. The Hall–Kier alpha value is -0.520. The molecule has 2 rings (SSSR count). The number of aromatic nitrogens is 2. The summed E-state index contributed by atoms with van der Waals surface area (Å²) in [4.78, 5) is 0. The lowest BCUT2D eigenvalue weighted by Crippen LogP contribution is -1.86. The first kappa shape index (κ1) is 12.0. The van der Waals surface area contributed by atoms with Gasteiger partial charge >= 0.3 is 0 Å². The molecule has 84 valence electrons. The summed E-state index contributed by atoms with van der Waals surface area (Å²) in [6.07, 6.45) is 2.02. The first-order chi connectivity index (χ1) is 7.79. The summed E-state index contributed by atoms with van der Waals surface area (Å²) in [5, 5.41) is 8.68. The zero-order valence-electron chi connectivity index (χ0n) is 9.08. The first-order valence-corrected chi connectivity index (χ1v) is 7.81. The summed E-state index contributed by atoms with van der Waals surface area (Å²) < 4.78 is 2.07. The van der Waals surface area contributed by atoms with Crippen molar-refractivity contribution in [2.75, 3.05) is 6.26 Å². The fourth-order valence-electron chi connectivity index (χ4n) is 1.27. The van der Waals surface area contributed by atoms with Crippen LogP contribution in [0.1, 0.15) is 17.7 Å². The molecule has 1 atom stereocenters. The van der Waals surface area contributed by atoms with Gasteiger partial charge in [0.2, 0.25) is 0 Å². The van der Waals surface area contributed by atoms with Crippen LogP contribution in [-0.2, 0) is 0 Å². The molecule has 2 nitrogen and oxygen atoms in total. The quantitative estimate of drug-likeness (QED) is 0.779. The lowest BCUT2D eigenvalue weighted by atomic mass is 10.2. The molecule has 0 fully saturated rings. The van der Waals surface area contributed by atoms with Crippen molar-refractivity contribution in [1.82, 2.24) is 10.2 Å². The molecule has 16 heavy (non-hydrogen) atoms. The van der Waals surface area contributed by atoms with Crippen molar-refractivity contribution in [3.05, 3.63) is 35.9 Å². The van der Waals surface area contributed by atoms with Gasteiger partial charge in [0, 0.05) is 5.25 Å². The highest BCUT2D eigenvalue weighted by molar-refractivity contribution is 8.03. The van der Waals surface area contributed by atoms with Crippen molar-refractivity contribution < 1.29 is 0 Å². The molecule has 0 radical (unpaired) electrons. The molecular weight excluding hydrogens is 256 g/mol. The number of benzene rings is 1. The second-order valence-electron chi connectivity index (χ2n) is 3.21. The van der Waals surface area contributed by atoms with E-state index in [0.29, 0.717) is 5.25 Å². The van der Waals surface area contributed by atoms with Crippen LogP contribution in [0.25, 0.3) is 0 Å². The molecular formula is C11H12N2S3. The summed E-state index contributed by atoms with van der Waals surface area (Å²) in [5.41, 5.74) is 1.33. The molecule has 0 saturated heterocycles. The summed E-state index contributed by atoms with van der Waals surface area (Å²) in [6.45, 7) is 2.19. The Labute approximate surface area is 108 Å². The number of nitrogens with zero attached hydrogens (tertiary/aromatic N) is 2. The van der Waals surface area contributed by atoms with Crippen LogP contribution in [-0.4, -0.2) is 16.5 Å². The van der Waals surface area contributed by atoms with E-state index in [4.69, 9.17) is 0 Å². The molecule has 0 amide bonds. The zero-order valence-corrected chi connectivity index (χ0v) is 11.5. The molecule has 0 aliphatic carbocycles. The van der Waals surface area contributed by atoms with E-state index in [1.807, 2.05) is 12.3 Å². The van der Waals surface area contributed by atoms with Crippen molar-refractivity contribution in [3.63, 3.8) is 0 Å². The van der Waals surface area contributed by atoms with Crippen LogP contribution >= 0.6 is 34.9 Å². The Morgan fingerprint density at radius 2 is 1.81 bits per heavy atom. The van der Waals surface area contributed by atoms with Crippen LogP contribution in [0.4, 0.5) is 0 Å². The molecule has 1 unspecified atom stereocenters. The summed E-state index contributed by atoms with van der Waals surface area (Å²) >= 11 is 5.07. The minimum atomic E-state index is 0.420. The first-order valence-electron chi connectivity index (χ1n) is 4.88. The molecule has 0 N–H and O–H groups in total. The van der Waals surface area contributed by atoms with Gasteiger partial charge < -0.3 is 0 Å². The van der Waals surface area contributed by atoms with Gasteiger partial charge in [-0.1, -0.05) is 65.2 Å². The fraction of sp³-hybridized carbons (Fsp3) is 0.273. The van der Waals surface area contributed by atoms with Gasteiger partial charge in [0.05, 0.1) is 0 Å². The van der Waals surface area contributed by atoms with Crippen LogP contribution in [0.5, 0.6) is 0 Å². The maximum absolute atomic E-state index is 4.16. The third-order valence-electron chi connectivity index (χ3n) is 2.11. The Balaban J connectivity index is 2.05. The smallest absolute Gasteiger partial charge is 0.131 e. The van der Waals surface area contributed by atoms with Crippen molar-refractivity contribution in [2.45, 2.75) is 20.9 Å². The molecule has 1 heterocycles. The maximum atomic E-state index is 4.16. The van der Waals surface area contributed by atoms with E-state index in [1.165, 1.54) is 5.56 Å². The second kappa shape index (κ2) is 5.70. The number of thioether (sulfide) groups is 2. The maximum Gasteiger partial charge on any atom is 0.175 e. The summed E-state index contributed by atoms with van der Waals surface area (Å²) in [5.74, 6) is 0. The van der Waals surface area contributed by atoms with E-state index in [9.17, 15) is 0 Å². The van der Waals surface area contributed by atoms with Crippen LogP contribution in [0.3, 0.4) is 0 Å². The lowest BCUT2D eigenvalue weighted by Gasteiger charge is -2.08. The number of rotatable bonds is 4. The Bertz CT molecular complexity index is 442. The minimum Gasteiger partial charge on any atom is -0.131 e. The highest BCUT2D eigenvalue weighted by Gasteiger charge is 2.10. The third-order valence-corrected chi connectivity index (χ3v) is 5.25. The molecule has 5 heteroatoms. The highest BCUT2D eigenvalue weighted by Crippen LogP contribution is 2.37. The van der Waals surface area contributed by atoms with Gasteiger partial charge in [-0.25, -0.2) is 0 Å². The summed E-state index contributed by atoms with van der Waals surface area (Å²) in [7, 11) is 0. The van der Waals surface area contributed by atoms with Gasteiger partial charge in [-0.15, -0.1) is 10.2 Å². The van der Waals surface area contributed by atoms with Crippen molar-refractivity contribution in [2.24, 2.45) is 0 Å². The largest absolute Gasteiger partial charge is 0.175 e. The van der Waals surface area contributed by atoms with Crippen LogP contribution in [0.2, 0.25) is 0 Å². The molecule has 0 aliphatic heterocycles. The van der Waals surface area contributed by atoms with Crippen LogP contribution < -0.4 is 0 Å².